The molecule has 0 aromatic heterocycles. The van der Waals surface area contributed by atoms with Crippen LogP contribution < -0.4 is 0 Å². The Bertz CT molecular complexity index is 120. The summed E-state index contributed by atoms with van der Waals surface area (Å²) in [6.07, 6.45) is 0.807. The van der Waals surface area contributed by atoms with Gasteiger partial charge in [-0.05, 0) is 6.42 Å². The van der Waals surface area contributed by atoms with Gasteiger partial charge in [0, 0.05) is 6.54 Å². The fourth-order valence-electron chi connectivity index (χ4n) is 1.00. The van der Waals surface area contributed by atoms with E-state index in [0.29, 0.717) is 13.0 Å². The zero-order valence-corrected chi connectivity index (χ0v) is 5.03. The van der Waals surface area contributed by atoms with Gasteiger partial charge in [-0.1, -0.05) is 0 Å². The van der Waals surface area contributed by atoms with Crippen LogP contribution in [0.15, 0.2) is 0 Å². The summed E-state index contributed by atoms with van der Waals surface area (Å²) in [6.45, 7) is 0.406. The molecule has 1 unspecified atom stereocenters. The molecule has 1 aliphatic rings. The number of nitrogens with zero attached hydrogens (tertiary/aromatic N) is 1. The van der Waals surface area contributed by atoms with Gasteiger partial charge in [-0.2, -0.15) is 0 Å². The lowest BCUT2D eigenvalue weighted by atomic mass is 10.2. The second kappa shape index (κ2) is 2.50. The third kappa shape index (κ3) is 1.31. The first kappa shape index (κ1) is 6.77. The molecule has 2 radical (unpaired) electrons. The molecule has 0 aliphatic carbocycles. The van der Waals surface area contributed by atoms with Gasteiger partial charge in [0.15, 0.2) is 7.98 Å². The summed E-state index contributed by atoms with van der Waals surface area (Å²) in [6, 6.07) is -0.278. The lowest BCUT2D eigenvalue weighted by molar-refractivity contribution is -0.110. The zero-order valence-electron chi connectivity index (χ0n) is 5.03. The van der Waals surface area contributed by atoms with Crippen LogP contribution in [0.3, 0.4) is 0 Å². The number of carbonyl (C=O) groups is 1. The standard InChI is InChI=1S/C5H8BNO2/c6-7-2-5(9)1-4(7)3-8/h3-5,9H,1-2H2/t4?,5-/m1/s1. The van der Waals surface area contributed by atoms with Crippen LogP contribution in [-0.2, 0) is 4.79 Å². The zero-order chi connectivity index (χ0) is 6.85. The molecule has 3 nitrogen and oxygen atoms in total. The summed E-state index contributed by atoms with van der Waals surface area (Å²) in [5.74, 6) is 0. The Morgan fingerprint density at radius 3 is 2.67 bits per heavy atom. The minimum atomic E-state index is -0.426. The summed E-state index contributed by atoms with van der Waals surface area (Å²) < 4.78 is 0. The van der Waals surface area contributed by atoms with Crippen molar-refractivity contribution in [2.24, 2.45) is 0 Å². The number of rotatable bonds is 1. The van der Waals surface area contributed by atoms with Crippen molar-refractivity contribution in [3.8, 4) is 0 Å². The van der Waals surface area contributed by atoms with Crippen LogP contribution in [0.2, 0.25) is 0 Å². The van der Waals surface area contributed by atoms with Gasteiger partial charge in [0.25, 0.3) is 0 Å². The Morgan fingerprint density at radius 2 is 2.44 bits per heavy atom. The van der Waals surface area contributed by atoms with Crippen LogP contribution in [0.1, 0.15) is 6.42 Å². The van der Waals surface area contributed by atoms with Gasteiger partial charge in [0.05, 0.1) is 12.1 Å². The van der Waals surface area contributed by atoms with E-state index in [1.165, 1.54) is 4.81 Å². The second-order valence-corrected chi connectivity index (χ2v) is 2.29. The maximum atomic E-state index is 10.1. The summed E-state index contributed by atoms with van der Waals surface area (Å²) in [4.78, 5) is 11.5. The molecule has 48 valence electrons. The van der Waals surface area contributed by atoms with Crippen molar-refractivity contribution < 1.29 is 9.90 Å². The molecule has 0 amide bonds. The van der Waals surface area contributed by atoms with Crippen molar-refractivity contribution in [2.75, 3.05) is 6.54 Å². The largest absolute Gasteiger partial charge is 0.392 e. The predicted octanol–water partition coefficient (Wildman–Crippen LogP) is -1.30. The van der Waals surface area contributed by atoms with E-state index in [1.807, 2.05) is 0 Å². The normalized spacial score (nSPS) is 37.0. The molecule has 1 rings (SSSR count). The molecule has 0 aromatic rings. The van der Waals surface area contributed by atoms with Crippen molar-refractivity contribution in [1.82, 2.24) is 4.81 Å². The predicted molar refractivity (Wildman–Crippen MR) is 32.9 cm³/mol. The van der Waals surface area contributed by atoms with Gasteiger partial charge in [-0.25, -0.2) is 0 Å². The van der Waals surface area contributed by atoms with Crippen LogP contribution in [0, 0.1) is 0 Å². The van der Waals surface area contributed by atoms with Crippen LogP contribution in [0.4, 0.5) is 0 Å². The molecule has 4 heteroatoms. The number of aldehydes is 1. The number of aliphatic hydroxyl groups excluding tert-OH is 1. The van der Waals surface area contributed by atoms with E-state index >= 15 is 0 Å². The number of β-amino-alcohol motifs (C(OH)–C–C–N with tert-alkyl or cyclic N) is 1. The topological polar surface area (TPSA) is 40.5 Å². The van der Waals surface area contributed by atoms with Crippen LogP contribution in [-0.4, -0.2) is 42.9 Å². The molecule has 1 aliphatic heterocycles. The molecule has 1 fully saturated rings. The summed E-state index contributed by atoms with van der Waals surface area (Å²) in [5.41, 5.74) is 0. The van der Waals surface area contributed by atoms with Crippen molar-refractivity contribution in [3.05, 3.63) is 0 Å². The average molecular weight is 125 g/mol. The van der Waals surface area contributed by atoms with Crippen molar-refractivity contribution in [1.29, 1.82) is 0 Å². The minimum absolute atomic E-state index is 0.278. The lowest BCUT2D eigenvalue weighted by Gasteiger charge is -2.11. The van der Waals surface area contributed by atoms with Crippen LogP contribution >= 0.6 is 0 Å². The Balaban J connectivity index is 2.47. The Kier molecular flexibility index (Phi) is 1.88. The lowest BCUT2D eigenvalue weighted by Crippen LogP contribution is -2.27. The highest BCUT2D eigenvalue weighted by atomic mass is 16.3. The van der Waals surface area contributed by atoms with Crippen molar-refractivity contribution in [2.45, 2.75) is 18.6 Å². The third-order valence-electron chi connectivity index (χ3n) is 1.52. The van der Waals surface area contributed by atoms with E-state index < -0.39 is 6.10 Å². The smallest absolute Gasteiger partial charge is 0.183 e. The third-order valence-corrected chi connectivity index (χ3v) is 1.52. The molecule has 2 atom stereocenters. The fraction of sp³-hybridized carbons (Fsp3) is 0.800. The highest BCUT2D eigenvalue weighted by Crippen LogP contribution is 2.12. The SMILES string of the molecule is [B]N1C[C@H](O)CC1C=O. The average Bonchev–Trinajstić information content (AvgIpc) is 2.10. The first-order chi connectivity index (χ1) is 4.24. The number of hydrogen-bond acceptors (Lipinski definition) is 3. The fourth-order valence-corrected chi connectivity index (χ4v) is 1.00. The van der Waals surface area contributed by atoms with E-state index in [9.17, 15) is 4.79 Å². The Hall–Kier alpha value is -0.345. The molecule has 9 heavy (non-hydrogen) atoms. The maximum absolute atomic E-state index is 10.1. The van der Waals surface area contributed by atoms with E-state index in [1.54, 1.807) is 0 Å². The number of aliphatic hydroxyl groups is 1. The van der Waals surface area contributed by atoms with Gasteiger partial charge < -0.3 is 14.7 Å². The Morgan fingerprint density at radius 1 is 1.78 bits per heavy atom. The Labute approximate surface area is 55.1 Å². The van der Waals surface area contributed by atoms with Gasteiger partial charge in [0.2, 0.25) is 0 Å². The molecule has 0 aromatic carbocycles. The van der Waals surface area contributed by atoms with E-state index in [-0.39, 0.29) is 6.04 Å². The van der Waals surface area contributed by atoms with E-state index in [0.717, 1.165) is 6.29 Å². The highest BCUT2D eigenvalue weighted by molar-refractivity contribution is 6.06. The van der Waals surface area contributed by atoms with Gasteiger partial charge in [0.1, 0.15) is 6.29 Å². The molecule has 1 heterocycles. The van der Waals surface area contributed by atoms with Gasteiger partial charge >= 0.3 is 0 Å². The monoisotopic (exact) mass is 125 g/mol. The second-order valence-electron chi connectivity index (χ2n) is 2.29. The first-order valence-electron chi connectivity index (χ1n) is 2.88. The molecule has 1 saturated heterocycles. The summed E-state index contributed by atoms with van der Waals surface area (Å²) >= 11 is 0. The maximum Gasteiger partial charge on any atom is 0.183 e. The molecule has 0 spiro atoms. The van der Waals surface area contributed by atoms with Gasteiger partial charge in [-0.15, -0.1) is 0 Å². The van der Waals surface area contributed by atoms with Gasteiger partial charge in [-0.3, -0.25) is 0 Å². The molecular weight excluding hydrogens is 117 g/mol. The highest BCUT2D eigenvalue weighted by Gasteiger charge is 2.26. The first-order valence-corrected chi connectivity index (χ1v) is 2.88. The minimum Gasteiger partial charge on any atom is -0.392 e. The number of carbonyl (C=O) groups excluding carboxylic acids is 1. The molecule has 0 saturated carbocycles. The van der Waals surface area contributed by atoms with Crippen LogP contribution in [0.25, 0.3) is 0 Å². The summed E-state index contributed by atoms with van der Waals surface area (Å²) in [5, 5.41) is 8.92. The van der Waals surface area contributed by atoms with Crippen LogP contribution in [0.5, 0.6) is 0 Å². The number of hydrogen-bond donors (Lipinski definition) is 1. The van der Waals surface area contributed by atoms with E-state index in [2.05, 4.69) is 0 Å². The van der Waals surface area contributed by atoms with Crippen molar-refractivity contribution >= 4 is 14.3 Å². The molecular formula is C5H8BNO2. The summed E-state index contributed by atoms with van der Waals surface area (Å²) in [7, 11) is 5.32. The van der Waals surface area contributed by atoms with Crippen molar-refractivity contribution in [3.63, 3.8) is 0 Å². The quantitative estimate of drug-likeness (QED) is 0.350. The molecule has 1 N–H and O–H groups in total. The van der Waals surface area contributed by atoms with E-state index in [4.69, 9.17) is 13.1 Å². The molecule has 0 bridgehead atoms.